The van der Waals surface area contributed by atoms with Crippen LogP contribution in [-0.4, -0.2) is 15.0 Å². The van der Waals surface area contributed by atoms with Crippen LogP contribution in [0.3, 0.4) is 0 Å². The summed E-state index contributed by atoms with van der Waals surface area (Å²) in [6, 6.07) is 6.03. The van der Waals surface area contributed by atoms with E-state index in [1.807, 2.05) is 19.9 Å². The lowest BCUT2D eigenvalue weighted by Crippen LogP contribution is -2.28. The molecule has 0 saturated carbocycles. The van der Waals surface area contributed by atoms with Crippen LogP contribution < -0.4 is 10.5 Å². The SMILES string of the molecule is CC(C)CNS(=O)(=O)c1ccc(C#N)cc1N. The summed E-state index contributed by atoms with van der Waals surface area (Å²) in [5.74, 6) is 0.212. The number of sulfonamides is 1. The molecule has 0 atom stereocenters. The van der Waals surface area contributed by atoms with E-state index in [2.05, 4.69) is 4.72 Å². The minimum absolute atomic E-state index is 0.0113. The first-order valence-corrected chi connectivity index (χ1v) is 6.64. The van der Waals surface area contributed by atoms with Crippen LogP contribution in [-0.2, 0) is 10.0 Å². The van der Waals surface area contributed by atoms with Crippen molar-refractivity contribution in [3.05, 3.63) is 23.8 Å². The molecule has 92 valence electrons. The Balaban J connectivity index is 3.04. The smallest absolute Gasteiger partial charge is 0.242 e. The van der Waals surface area contributed by atoms with E-state index in [4.69, 9.17) is 11.0 Å². The Hall–Kier alpha value is -1.58. The molecule has 0 amide bonds. The highest BCUT2D eigenvalue weighted by Crippen LogP contribution is 2.19. The predicted octanol–water partition coefficient (Wildman–Crippen LogP) is 1.07. The first-order valence-electron chi connectivity index (χ1n) is 5.16. The second kappa shape index (κ2) is 5.17. The molecular formula is C11H15N3O2S. The van der Waals surface area contributed by atoms with Crippen LogP contribution in [0.5, 0.6) is 0 Å². The molecule has 5 nitrogen and oxygen atoms in total. The van der Waals surface area contributed by atoms with Gasteiger partial charge in [-0.05, 0) is 24.1 Å². The zero-order valence-corrected chi connectivity index (χ0v) is 10.6. The van der Waals surface area contributed by atoms with E-state index in [0.29, 0.717) is 12.1 Å². The number of benzene rings is 1. The summed E-state index contributed by atoms with van der Waals surface area (Å²) in [4.78, 5) is 0.0113. The molecule has 17 heavy (non-hydrogen) atoms. The lowest BCUT2D eigenvalue weighted by Gasteiger charge is -2.10. The number of nitrogens with two attached hydrogens (primary N) is 1. The minimum atomic E-state index is -3.60. The molecule has 0 spiro atoms. The molecule has 0 aliphatic heterocycles. The fourth-order valence-electron chi connectivity index (χ4n) is 1.22. The van der Waals surface area contributed by atoms with Gasteiger partial charge in [-0.15, -0.1) is 0 Å². The Kier molecular flexibility index (Phi) is 4.10. The van der Waals surface area contributed by atoms with Crippen molar-refractivity contribution in [3.8, 4) is 6.07 Å². The summed E-state index contributed by atoms with van der Waals surface area (Å²) in [7, 11) is -3.60. The Morgan fingerprint density at radius 1 is 1.47 bits per heavy atom. The Morgan fingerprint density at radius 2 is 2.12 bits per heavy atom. The summed E-state index contributed by atoms with van der Waals surface area (Å²) in [6.45, 7) is 4.16. The lowest BCUT2D eigenvalue weighted by molar-refractivity contribution is 0.560. The van der Waals surface area contributed by atoms with Crippen LogP contribution in [0.25, 0.3) is 0 Å². The summed E-state index contributed by atoms with van der Waals surface area (Å²) >= 11 is 0. The Bertz CT molecular complexity index is 544. The van der Waals surface area contributed by atoms with Crippen molar-refractivity contribution < 1.29 is 8.42 Å². The number of rotatable bonds is 4. The molecule has 3 N–H and O–H groups in total. The number of hydrogen-bond donors (Lipinski definition) is 2. The number of hydrogen-bond acceptors (Lipinski definition) is 4. The third-order valence-electron chi connectivity index (χ3n) is 2.11. The van der Waals surface area contributed by atoms with Gasteiger partial charge in [0.15, 0.2) is 0 Å². The molecule has 0 radical (unpaired) electrons. The van der Waals surface area contributed by atoms with Crippen LogP contribution in [0.4, 0.5) is 5.69 Å². The summed E-state index contributed by atoms with van der Waals surface area (Å²) in [6.07, 6.45) is 0. The van der Waals surface area contributed by atoms with Gasteiger partial charge in [-0.25, -0.2) is 13.1 Å². The minimum Gasteiger partial charge on any atom is -0.398 e. The van der Waals surface area contributed by atoms with E-state index in [-0.39, 0.29) is 16.5 Å². The maximum absolute atomic E-state index is 11.9. The van der Waals surface area contributed by atoms with Gasteiger partial charge >= 0.3 is 0 Å². The largest absolute Gasteiger partial charge is 0.398 e. The normalized spacial score (nSPS) is 11.4. The molecule has 0 saturated heterocycles. The van der Waals surface area contributed by atoms with E-state index in [9.17, 15) is 8.42 Å². The number of anilines is 1. The number of nitriles is 1. The monoisotopic (exact) mass is 253 g/mol. The van der Waals surface area contributed by atoms with Crippen molar-refractivity contribution >= 4 is 15.7 Å². The lowest BCUT2D eigenvalue weighted by atomic mass is 10.2. The third kappa shape index (κ3) is 3.44. The van der Waals surface area contributed by atoms with Gasteiger partial charge in [0.25, 0.3) is 0 Å². The number of nitrogens with one attached hydrogen (secondary N) is 1. The highest BCUT2D eigenvalue weighted by Gasteiger charge is 2.17. The van der Waals surface area contributed by atoms with Crippen molar-refractivity contribution in [1.29, 1.82) is 5.26 Å². The van der Waals surface area contributed by atoms with Crippen molar-refractivity contribution in [1.82, 2.24) is 4.72 Å². The van der Waals surface area contributed by atoms with Crippen LogP contribution in [0.2, 0.25) is 0 Å². The van der Waals surface area contributed by atoms with Gasteiger partial charge in [0.2, 0.25) is 10.0 Å². The van der Waals surface area contributed by atoms with Gasteiger partial charge in [0, 0.05) is 6.54 Å². The fraction of sp³-hybridized carbons (Fsp3) is 0.364. The van der Waals surface area contributed by atoms with E-state index in [1.54, 1.807) is 0 Å². The van der Waals surface area contributed by atoms with Crippen molar-refractivity contribution in [2.45, 2.75) is 18.7 Å². The highest BCUT2D eigenvalue weighted by molar-refractivity contribution is 7.89. The molecule has 0 aliphatic carbocycles. The maximum atomic E-state index is 11.9. The predicted molar refractivity (Wildman–Crippen MR) is 65.6 cm³/mol. The van der Waals surface area contributed by atoms with Gasteiger partial charge < -0.3 is 5.73 Å². The number of nitrogen functional groups attached to an aromatic ring is 1. The van der Waals surface area contributed by atoms with Crippen LogP contribution >= 0.6 is 0 Å². The van der Waals surface area contributed by atoms with Gasteiger partial charge in [0.05, 0.1) is 17.3 Å². The first kappa shape index (κ1) is 13.5. The standard InChI is InChI=1S/C11H15N3O2S/c1-8(2)7-14-17(15,16)11-4-3-9(6-12)5-10(11)13/h3-5,8,14H,7,13H2,1-2H3. The molecule has 0 bridgehead atoms. The fourth-order valence-corrected chi connectivity index (χ4v) is 2.54. The second-order valence-electron chi connectivity index (χ2n) is 4.11. The maximum Gasteiger partial charge on any atom is 0.242 e. The Morgan fingerprint density at radius 3 is 2.59 bits per heavy atom. The summed E-state index contributed by atoms with van der Waals surface area (Å²) < 4.78 is 26.2. The summed E-state index contributed by atoms with van der Waals surface area (Å²) in [5.41, 5.74) is 6.04. The first-order chi connectivity index (χ1) is 7.86. The van der Waals surface area contributed by atoms with E-state index in [0.717, 1.165) is 0 Å². The third-order valence-corrected chi connectivity index (χ3v) is 3.61. The molecular weight excluding hydrogens is 238 g/mol. The van der Waals surface area contributed by atoms with Gasteiger partial charge in [-0.2, -0.15) is 5.26 Å². The van der Waals surface area contributed by atoms with Gasteiger partial charge in [-0.3, -0.25) is 0 Å². The molecule has 1 aromatic carbocycles. The average molecular weight is 253 g/mol. The van der Waals surface area contributed by atoms with Crippen LogP contribution in [0, 0.1) is 17.2 Å². The zero-order valence-electron chi connectivity index (χ0n) is 9.77. The van der Waals surface area contributed by atoms with Gasteiger partial charge in [-0.1, -0.05) is 13.8 Å². The highest BCUT2D eigenvalue weighted by atomic mass is 32.2. The van der Waals surface area contributed by atoms with E-state index < -0.39 is 10.0 Å². The second-order valence-corrected chi connectivity index (χ2v) is 5.85. The van der Waals surface area contributed by atoms with E-state index >= 15 is 0 Å². The van der Waals surface area contributed by atoms with Crippen LogP contribution in [0.1, 0.15) is 19.4 Å². The quantitative estimate of drug-likeness (QED) is 0.784. The molecule has 1 rings (SSSR count). The van der Waals surface area contributed by atoms with Crippen molar-refractivity contribution in [3.63, 3.8) is 0 Å². The number of nitrogens with zero attached hydrogens (tertiary/aromatic N) is 1. The van der Waals surface area contributed by atoms with Crippen molar-refractivity contribution in [2.75, 3.05) is 12.3 Å². The molecule has 0 unspecified atom stereocenters. The summed E-state index contributed by atoms with van der Waals surface area (Å²) in [5, 5.41) is 8.66. The Labute approximate surface area is 101 Å². The topological polar surface area (TPSA) is 96.0 Å². The van der Waals surface area contributed by atoms with E-state index in [1.165, 1.54) is 18.2 Å². The molecule has 6 heteroatoms. The molecule has 0 heterocycles. The van der Waals surface area contributed by atoms with Crippen LogP contribution in [0.15, 0.2) is 23.1 Å². The molecule has 0 fully saturated rings. The molecule has 0 aromatic heterocycles. The average Bonchev–Trinajstić information content (AvgIpc) is 2.26. The molecule has 1 aromatic rings. The van der Waals surface area contributed by atoms with Crippen molar-refractivity contribution in [2.24, 2.45) is 5.92 Å². The zero-order chi connectivity index (χ0) is 13.1. The molecule has 0 aliphatic rings. The van der Waals surface area contributed by atoms with Gasteiger partial charge in [0.1, 0.15) is 4.90 Å².